The smallest absolute Gasteiger partial charge is 0.170 e. The summed E-state index contributed by atoms with van der Waals surface area (Å²) in [6, 6.07) is 9.72. The summed E-state index contributed by atoms with van der Waals surface area (Å²) in [6.45, 7) is 1.39. The molecule has 0 spiro atoms. The minimum Gasteiger partial charge on any atom is -0.508 e. The molecule has 0 unspecified atom stereocenters. The second-order valence-corrected chi connectivity index (χ2v) is 7.21. The highest BCUT2D eigenvalue weighted by atomic mass is 16.5. The molecule has 2 aliphatic rings. The molecule has 1 aromatic carbocycles. The first-order chi connectivity index (χ1) is 13.7. The molecule has 1 N–H and O–H groups in total. The number of aryl methyl sites for hydroxylation is 1. The van der Waals surface area contributed by atoms with Crippen LogP contribution in [-0.2, 0) is 11.2 Å². The zero-order valence-corrected chi connectivity index (χ0v) is 15.4. The van der Waals surface area contributed by atoms with Gasteiger partial charge in [0.1, 0.15) is 17.1 Å². The number of fused-ring (bicyclic) bond motifs is 2. The maximum Gasteiger partial charge on any atom is 0.170 e. The second kappa shape index (κ2) is 6.77. The van der Waals surface area contributed by atoms with Gasteiger partial charge in [0.2, 0.25) is 0 Å². The Hall–Kier alpha value is -3.18. The van der Waals surface area contributed by atoms with Crippen molar-refractivity contribution < 1.29 is 14.6 Å². The molecule has 0 amide bonds. The van der Waals surface area contributed by atoms with E-state index in [-0.39, 0.29) is 0 Å². The minimum absolute atomic E-state index is 0.297. The number of rotatable bonds is 3. The van der Waals surface area contributed by atoms with E-state index < -0.39 is 0 Å². The lowest BCUT2D eigenvalue weighted by molar-refractivity contribution is 0.111. The Morgan fingerprint density at radius 3 is 2.89 bits per heavy atom. The molecule has 3 heterocycles. The predicted molar refractivity (Wildman–Crippen MR) is 107 cm³/mol. The van der Waals surface area contributed by atoms with Crippen molar-refractivity contribution in [2.45, 2.75) is 19.3 Å². The van der Waals surface area contributed by atoms with Crippen LogP contribution in [0.25, 0.3) is 11.2 Å². The Kier molecular flexibility index (Phi) is 4.10. The quantitative estimate of drug-likeness (QED) is 0.707. The van der Waals surface area contributed by atoms with Gasteiger partial charge in [-0.2, -0.15) is 0 Å². The molecule has 3 aromatic rings. The van der Waals surface area contributed by atoms with E-state index in [4.69, 9.17) is 4.74 Å². The number of benzene rings is 1. The molecule has 2 aromatic heterocycles. The van der Waals surface area contributed by atoms with Gasteiger partial charge in [-0.3, -0.25) is 4.79 Å². The number of aromatic nitrogens is 2. The summed E-state index contributed by atoms with van der Waals surface area (Å²) in [5.74, 6) is 0.297. The largest absolute Gasteiger partial charge is 0.508 e. The van der Waals surface area contributed by atoms with E-state index in [0.29, 0.717) is 18.1 Å². The lowest BCUT2D eigenvalue weighted by Crippen LogP contribution is -2.12. The SMILES string of the molecule is O=Cc1cn2ccc(C3=C(C4=CCOCC4)CCc4cc(O)ccc43)cc2n1. The van der Waals surface area contributed by atoms with Crippen LogP contribution in [0.15, 0.2) is 59.9 Å². The third-order valence-electron chi connectivity index (χ3n) is 5.54. The van der Waals surface area contributed by atoms with Crippen LogP contribution in [0.3, 0.4) is 0 Å². The van der Waals surface area contributed by atoms with Gasteiger partial charge in [0.15, 0.2) is 6.29 Å². The number of phenols is 1. The number of ether oxygens (including phenoxy) is 1. The second-order valence-electron chi connectivity index (χ2n) is 7.21. The molecule has 140 valence electrons. The number of imidazole rings is 1. The van der Waals surface area contributed by atoms with Crippen molar-refractivity contribution in [2.24, 2.45) is 0 Å². The fraction of sp³-hybridized carbons (Fsp3) is 0.217. The summed E-state index contributed by atoms with van der Waals surface area (Å²) in [5, 5.41) is 9.94. The normalized spacial score (nSPS) is 16.8. The summed E-state index contributed by atoms with van der Waals surface area (Å²) in [5.41, 5.74) is 8.42. The van der Waals surface area contributed by atoms with Gasteiger partial charge in [0.05, 0.1) is 13.2 Å². The molecule has 0 saturated heterocycles. The maximum absolute atomic E-state index is 11.1. The van der Waals surface area contributed by atoms with Crippen molar-refractivity contribution >= 4 is 17.5 Å². The van der Waals surface area contributed by atoms with Crippen LogP contribution >= 0.6 is 0 Å². The number of pyridine rings is 1. The lowest BCUT2D eigenvalue weighted by atomic mass is 9.79. The number of carbonyl (C=O) groups excluding carboxylic acids is 1. The zero-order valence-electron chi connectivity index (χ0n) is 15.4. The molecule has 0 radical (unpaired) electrons. The van der Waals surface area contributed by atoms with Crippen LogP contribution in [0, 0.1) is 0 Å². The standard InChI is InChI=1S/C23H20N2O3/c26-14-18-13-25-8-5-17(12-22(25)24-18)23-20(15-6-9-28-10-7-15)3-1-16-11-19(27)2-4-21(16)23/h2,4-6,8,11-14,27H,1,3,7,9-10H2. The lowest BCUT2D eigenvalue weighted by Gasteiger charge is -2.27. The number of phenolic OH excluding ortho intramolecular Hbond substituents is 1. The summed E-state index contributed by atoms with van der Waals surface area (Å²) in [6.07, 6.45) is 9.37. The van der Waals surface area contributed by atoms with Crippen molar-refractivity contribution in [3.05, 3.63) is 82.3 Å². The van der Waals surface area contributed by atoms with E-state index in [1.165, 1.54) is 16.7 Å². The molecule has 5 rings (SSSR count). The number of carbonyl (C=O) groups is 1. The van der Waals surface area contributed by atoms with E-state index in [1.54, 1.807) is 12.3 Å². The van der Waals surface area contributed by atoms with Crippen molar-refractivity contribution in [2.75, 3.05) is 13.2 Å². The molecule has 0 atom stereocenters. The fourth-order valence-electron chi connectivity index (χ4n) is 4.24. The van der Waals surface area contributed by atoms with Crippen LogP contribution in [0.4, 0.5) is 0 Å². The average Bonchev–Trinajstić information content (AvgIpc) is 3.16. The number of hydrogen-bond acceptors (Lipinski definition) is 4. The molecule has 1 aliphatic carbocycles. The Bertz CT molecular complexity index is 1150. The van der Waals surface area contributed by atoms with Crippen LogP contribution in [0.5, 0.6) is 5.75 Å². The number of allylic oxidation sites excluding steroid dienone is 1. The Labute approximate surface area is 162 Å². The summed E-state index contributed by atoms with van der Waals surface area (Å²) in [7, 11) is 0. The summed E-state index contributed by atoms with van der Waals surface area (Å²) < 4.78 is 7.37. The summed E-state index contributed by atoms with van der Waals surface area (Å²) in [4.78, 5) is 15.5. The third kappa shape index (κ3) is 2.84. The van der Waals surface area contributed by atoms with Crippen molar-refractivity contribution in [1.29, 1.82) is 0 Å². The molecule has 28 heavy (non-hydrogen) atoms. The molecular formula is C23H20N2O3. The van der Waals surface area contributed by atoms with Gasteiger partial charge >= 0.3 is 0 Å². The van der Waals surface area contributed by atoms with Gasteiger partial charge in [-0.25, -0.2) is 4.98 Å². The van der Waals surface area contributed by atoms with Gasteiger partial charge < -0.3 is 14.2 Å². The fourth-order valence-corrected chi connectivity index (χ4v) is 4.24. The Morgan fingerprint density at radius 1 is 1.14 bits per heavy atom. The molecular weight excluding hydrogens is 352 g/mol. The van der Waals surface area contributed by atoms with Gasteiger partial charge in [-0.05, 0) is 76.9 Å². The van der Waals surface area contributed by atoms with Crippen molar-refractivity contribution in [1.82, 2.24) is 9.38 Å². The third-order valence-corrected chi connectivity index (χ3v) is 5.54. The van der Waals surface area contributed by atoms with Gasteiger partial charge in [0, 0.05) is 12.4 Å². The molecule has 0 saturated carbocycles. The average molecular weight is 372 g/mol. The van der Waals surface area contributed by atoms with Gasteiger partial charge in [-0.15, -0.1) is 0 Å². The highest BCUT2D eigenvalue weighted by Crippen LogP contribution is 2.41. The van der Waals surface area contributed by atoms with Crippen LogP contribution in [0.2, 0.25) is 0 Å². The van der Waals surface area contributed by atoms with E-state index >= 15 is 0 Å². The van der Waals surface area contributed by atoms with Crippen molar-refractivity contribution in [3.8, 4) is 5.75 Å². The Balaban J connectivity index is 1.74. The first kappa shape index (κ1) is 17.0. The van der Waals surface area contributed by atoms with E-state index in [9.17, 15) is 9.90 Å². The number of aldehydes is 1. The van der Waals surface area contributed by atoms with Crippen LogP contribution in [-0.4, -0.2) is 34.0 Å². The van der Waals surface area contributed by atoms with Gasteiger partial charge in [0.25, 0.3) is 0 Å². The van der Waals surface area contributed by atoms with E-state index in [2.05, 4.69) is 17.1 Å². The minimum atomic E-state index is 0.297. The van der Waals surface area contributed by atoms with E-state index in [0.717, 1.165) is 54.5 Å². The first-order valence-corrected chi connectivity index (χ1v) is 9.50. The van der Waals surface area contributed by atoms with Crippen molar-refractivity contribution in [3.63, 3.8) is 0 Å². The van der Waals surface area contributed by atoms with E-state index in [1.807, 2.05) is 28.8 Å². The predicted octanol–water partition coefficient (Wildman–Crippen LogP) is 3.95. The number of aromatic hydroxyl groups is 1. The molecule has 0 fully saturated rings. The molecule has 0 bridgehead atoms. The zero-order chi connectivity index (χ0) is 19.1. The highest BCUT2D eigenvalue weighted by molar-refractivity contribution is 5.88. The number of hydrogen-bond donors (Lipinski definition) is 1. The molecule has 5 nitrogen and oxygen atoms in total. The topological polar surface area (TPSA) is 63.8 Å². The number of nitrogens with zero attached hydrogens (tertiary/aromatic N) is 2. The summed E-state index contributed by atoms with van der Waals surface area (Å²) >= 11 is 0. The highest BCUT2D eigenvalue weighted by Gasteiger charge is 2.24. The molecule has 5 heteroatoms. The van der Waals surface area contributed by atoms with Gasteiger partial charge in [-0.1, -0.05) is 12.1 Å². The molecule has 1 aliphatic heterocycles. The van der Waals surface area contributed by atoms with Crippen LogP contribution in [0.1, 0.15) is 40.0 Å². The first-order valence-electron chi connectivity index (χ1n) is 9.50. The monoisotopic (exact) mass is 372 g/mol. The van der Waals surface area contributed by atoms with Crippen LogP contribution < -0.4 is 0 Å². The Morgan fingerprint density at radius 2 is 2.07 bits per heavy atom. The maximum atomic E-state index is 11.1.